The number of aromatic nitrogens is 2. The van der Waals surface area contributed by atoms with E-state index in [-0.39, 0.29) is 11.7 Å². The molecule has 0 saturated heterocycles. The van der Waals surface area contributed by atoms with Crippen LogP contribution >= 0.6 is 11.3 Å². The minimum Gasteiger partial charge on any atom is -0.464 e. The van der Waals surface area contributed by atoms with E-state index in [1.54, 1.807) is 29.8 Å². The number of nitrogens with zero attached hydrogens (tertiary/aromatic N) is 1. The van der Waals surface area contributed by atoms with Crippen LogP contribution in [0.5, 0.6) is 0 Å². The summed E-state index contributed by atoms with van der Waals surface area (Å²) in [4.78, 5) is 31.5. The molecule has 0 atom stereocenters. The van der Waals surface area contributed by atoms with Crippen LogP contribution in [0.15, 0.2) is 41.9 Å². The van der Waals surface area contributed by atoms with Crippen molar-refractivity contribution in [2.24, 2.45) is 0 Å². The Morgan fingerprint density at radius 1 is 1.30 bits per heavy atom. The first-order chi connectivity index (χ1) is 13.0. The fourth-order valence-electron chi connectivity index (χ4n) is 2.99. The molecule has 1 saturated carbocycles. The average Bonchev–Trinajstić information content (AvgIpc) is 3.11. The van der Waals surface area contributed by atoms with Crippen LogP contribution in [0.1, 0.15) is 28.9 Å². The largest absolute Gasteiger partial charge is 0.464 e. The minimum atomic E-state index is -0.605. The van der Waals surface area contributed by atoms with Gasteiger partial charge in [-0.25, -0.2) is 14.2 Å². The Hall–Kier alpha value is -3.00. The lowest BCUT2D eigenvalue weighted by molar-refractivity contribution is -0.118. The van der Waals surface area contributed by atoms with E-state index in [4.69, 9.17) is 0 Å². The van der Waals surface area contributed by atoms with E-state index >= 15 is 0 Å². The Kier molecular flexibility index (Phi) is 4.27. The first-order valence-corrected chi connectivity index (χ1v) is 9.20. The SMILES string of the molecule is COC(=O)c1cc(-c2csc(NC(=O)C3(c4ccc(F)cc4)CC3)n2)c[nH]1. The molecule has 0 bridgehead atoms. The van der Waals surface area contributed by atoms with Gasteiger partial charge in [-0.1, -0.05) is 12.1 Å². The maximum Gasteiger partial charge on any atom is 0.354 e. The summed E-state index contributed by atoms with van der Waals surface area (Å²) in [6, 6.07) is 7.70. The molecule has 6 nitrogen and oxygen atoms in total. The van der Waals surface area contributed by atoms with Crippen molar-refractivity contribution in [2.75, 3.05) is 12.4 Å². The molecule has 3 aromatic rings. The van der Waals surface area contributed by atoms with Crippen LogP contribution in [-0.4, -0.2) is 29.0 Å². The van der Waals surface area contributed by atoms with Gasteiger partial charge >= 0.3 is 5.97 Å². The number of halogens is 1. The molecule has 2 aromatic heterocycles. The summed E-state index contributed by atoms with van der Waals surface area (Å²) < 4.78 is 17.8. The molecule has 8 heteroatoms. The number of anilines is 1. The van der Waals surface area contributed by atoms with Crippen LogP contribution in [0, 0.1) is 5.82 Å². The van der Waals surface area contributed by atoms with E-state index in [2.05, 4.69) is 20.0 Å². The third-order valence-corrected chi connectivity index (χ3v) is 5.45. The topological polar surface area (TPSA) is 84.1 Å². The quantitative estimate of drug-likeness (QED) is 0.656. The van der Waals surface area contributed by atoms with Crippen molar-refractivity contribution in [1.82, 2.24) is 9.97 Å². The highest BCUT2D eigenvalue weighted by Gasteiger charge is 2.51. The predicted molar refractivity (Wildman–Crippen MR) is 99.2 cm³/mol. The Morgan fingerprint density at radius 3 is 2.70 bits per heavy atom. The first-order valence-electron chi connectivity index (χ1n) is 8.32. The van der Waals surface area contributed by atoms with Crippen LogP contribution in [0.25, 0.3) is 11.3 Å². The number of methoxy groups -OCH3 is 1. The molecular formula is C19H16FN3O3S. The number of benzene rings is 1. The van der Waals surface area contributed by atoms with Gasteiger partial charge in [0.1, 0.15) is 11.5 Å². The van der Waals surface area contributed by atoms with Crippen molar-refractivity contribution in [3.8, 4) is 11.3 Å². The van der Waals surface area contributed by atoms with Crippen molar-refractivity contribution in [1.29, 1.82) is 0 Å². The number of thiazole rings is 1. The standard InChI is InChI=1S/C19H16FN3O3S/c1-26-16(24)14-8-11(9-21-14)15-10-27-18(22-15)23-17(25)19(6-7-19)12-2-4-13(20)5-3-12/h2-5,8-10,21H,6-7H2,1H3,(H,22,23,25). The highest BCUT2D eigenvalue weighted by molar-refractivity contribution is 7.14. The first kappa shape index (κ1) is 17.4. The maximum absolute atomic E-state index is 13.1. The number of hydrogen-bond donors (Lipinski definition) is 2. The number of carbonyl (C=O) groups is 2. The van der Waals surface area contributed by atoms with Crippen molar-refractivity contribution in [3.05, 3.63) is 59.0 Å². The van der Waals surface area contributed by atoms with Gasteiger partial charge in [0.05, 0.1) is 18.2 Å². The Balaban J connectivity index is 1.49. The predicted octanol–water partition coefficient (Wildman–Crippen LogP) is 3.73. The lowest BCUT2D eigenvalue weighted by Gasteiger charge is -2.14. The van der Waals surface area contributed by atoms with Gasteiger partial charge in [0.25, 0.3) is 0 Å². The third-order valence-electron chi connectivity index (χ3n) is 4.69. The smallest absolute Gasteiger partial charge is 0.354 e. The van der Waals surface area contributed by atoms with E-state index in [1.165, 1.54) is 30.6 Å². The molecule has 4 rings (SSSR count). The Morgan fingerprint density at radius 2 is 2.04 bits per heavy atom. The number of carbonyl (C=O) groups excluding carboxylic acids is 2. The second kappa shape index (κ2) is 6.62. The summed E-state index contributed by atoms with van der Waals surface area (Å²) in [7, 11) is 1.31. The minimum absolute atomic E-state index is 0.140. The van der Waals surface area contributed by atoms with Crippen molar-refractivity contribution in [3.63, 3.8) is 0 Å². The molecule has 1 aliphatic rings. The van der Waals surface area contributed by atoms with E-state index in [0.717, 1.165) is 24.0 Å². The summed E-state index contributed by atoms with van der Waals surface area (Å²) in [5.41, 5.74) is 1.91. The molecule has 0 aliphatic heterocycles. The highest BCUT2D eigenvalue weighted by Crippen LogP contribution is 2.49. The van der Waals surface area contributed by atoms with Crippen LogP contribution in [-0.2, 0) is 14.9 Å². The molecule has 0 radical (unpaired) electrons. The third kappa shape index (κ3) is 3.23. The number of H-pyrrole nitrogens is 1. The zero-order valence-electron chi connectivity index (χ0n) is 14.4. The molecule has 2 heterocycles. The normalized spacial score (nSPS) is 14.6. The fourth-order valence-corrected chi connectivity index (χ4v) is 3.71. The van der Waals surface area contributed by atoms with Gasteiger partial charge < -0.3 is 15.0 Å². The lowest BCUT2D eigenvalue weighted by atomic mass is 9.95. The zero-order chi connectivity index (χ0) is 19.0. The van der Waals surface area contributed by atoms with Gasteiger partial charge in [0.2, 0.25) is 5.91 Å². The van der Waals surface area contributed by atoms with Crippen LogP contribution in [0.3, 0.4) is 0 Å². The molecule has 27 heavy (non-hydrogen) atoms. The highest BCUT2D eigenvalue weighted by atomic mass is 32.1. The molecule has 1 aromatic carbocycles. The summed E-state index contributed by atoms with van der Waals surface area (Å²) in [5, 5.41) is 5.14. The Bertz CT molecular complexity index is 1010. The van der Waals surface area contributed by atoms with Gasteiger partial charge in [-0.15, -0.1) is 11.3 Å². The molecule has 0 unspecified atom stereocenters. The van der Waals surface area contributed by atoms with E-state index < -0.39 is 11.4 Å². The van der Waals surface area contributed by atoms with Crippen molar-refractivity contribution in [2.45, 2.75) is 18.3 Å². The number of ether oxygens (including phenoxy) is 1. The van der Waals surface area contributed by atoms with E-state index in [1.807, 2.05) is 0 Å². The van der Waals surface area contributed by atoms with Gasteiger partial charge in [0, 0.05) is 17.1 Å². The molecule has 0 spiro atoms. The Labute approximate surface area is 158 Å². The summed E-state index contributed by atoms with van der Waals surface area (Å²) in [5.74, 6) is -0.920. The second-order valence-electron chi connectivity index (χ2n) is 6.37. The zero-order valence-corrected chi connectivity index (χ0v) is 15.2. The molecule has 1 aliphatic carbocycles. The molecular weight excluding hydrogens is 369 g/mol. The molecule has 1 fully saturated rings. The van der Waals surface area contributed by atoms with Crippen molar-refractivity contribution < 1.29 is 18.7 Å². The number of esters is 1. The average molecular weight is 385 g/mol. The number of hydrogen-bond acceptors (Lipinski definition) is 5. The maximum atomic E-state index is 13.1. The summed E-state index contributed by atoms with van der Waals surface area (Å²) in [6.07, 6.45) is 3.11. The van der Waals surface area contributed by atoms with Gasteiger partial charge in [-0.05, 0) is 36.6 Å². The van der Waals surface area contributed by atoms with Crippen LogP contribution in [0.4, 0.5) is 9.52 Å². The molecule has 1 amide bonds. The monoisotopic (exact) mass is 385 g/mol. The van der Waals surface area contributed by atoms with E-state index in [0.29, 0.717) is 16.5 Å². The second-order valence-corrected chi connectivity index (χ2v) is 7.23. The van der Waals surface area contributed by atoms with Crippen LogP contribution in [0.2, 0.25) is 0 Å². The number of amides is 1. The van der Waals surface area contributed by atoms with Gasteiger partial charge in [-0.3, -0.25) is 4.79 Å². The molecule has 138 valence electrons. The fraction of sp³-hybridized carbons (Fsp3) is 0.211. The van der Waals surface area contributed by atoms with Gasteiger partial charge in [0.15, 0.2) is 5.13 Å². The van der Waals surface area contributed by atoms with Crippen molar-refractivity contribution >= 4 is 28.3 Å². The van der Waals surface area contributed by atoms with Gasteiger partial charge in [-0.2, -0.15) is 0 Å². The number of nitrogens with one attached hydrogen (secondary N) is 2. The van der Waals surface area contributed by atoms with E-state index in [9.17, 15) is 14.0 Å². The van der Waals surface area contributed by atoms with Crippen LogP contribution < -0.4 is 5.32 Å². The molecule has 2 N–H and O–H groups in total. The summed E-state index contributed by atoms with van der Waals surface area (Å²) >= 11 is 1.30. The lowest BCUT2D eigenvalue weighted by Crippen LogP contribution is -2.27. The number of rotatable bonds is 5. The summed E-state index contributed by atoms with van der Waals surface area (Å²) in [6.45, 7) is 0. The number of aromatic amines is 1.